The highest BCUT2D eigenvalue weighted by atomic mass is 16.5. The second-order valence-electron chi connectivity index (χ2n) is 9.38. The van der Waals surface area contributed by atoms with Gasteiger partial charge in [-0.2, -0.15) is 0 Å². The van der Waals surface area contributed by atoms with Crippen molar-refractivity contribution in [3.05, 3.63) is 84.4 Å². The number of benzene rings is 4. The number of hydrogen-bond donors (Lipinski definition) is 3. The quantitative estimate of drug-likeness (QED) is 0.255. The van der Waals surface area contributed by atoms with Gasteiger partial charge in [-0.05, 0) is 97.3 Å². The number of hydrogen-bond acceptors (Lipinski definition) is 5. The molecule has 5 nitrogen and oxygen atoms in total. The van der Waals surface area contributed by atoms with Gasteiger partial charge in [0.25, 0.3) is 0 Å². The van der Waals surface area contributed by atoms with E-state index in [2.05, 4.69) is 17.4 Å². The highest BCUT2D eigenvalue weighted by molar-refractivity contribution is 5.96. The van der Waals surface area contributed by atoms with Crippen molar-refractivity contribution in [3.63, 3.8) is 0 Å². The van der Waals surface area contributed by atoms with Gasteiger partial charge in [0, 0.05) is 23.6 Å². The maximum atomic E-state index is 9.98. The van der Waals surface area contributed by atoms with Gasteiger partial charge in [0.1, 0.15) is 23.0 Å². The van der Waals surface area contributed by atoms with E-state index in [0.717, 1.165) is 57.7 Å². The fourth-order valence-electron chi connectivity index (χ4n) is 4.82. The van der Waals surface area contributed by atoms with Crippen molar-refractivity contribution in [2.45, 2.75) is 38.1 Å². The second kappa shape index (κ2) is 11.5. The number of rotatable bonds is 9. The first-order valence-electron chi connectivity index (χ1n) is 12.8. The van der Waals surface area contributed by atoms with Gasteiger partial charge in [0.15, 0.2) is 0 Å². The summed E-state index contributed by atoms with van der Waals surface area (Å²) >= 11 is 0. The highest BCUT2D eigenvalue weighted by Crippen LogP contribution is 2.40. The molecule has 3 N–H and O–H groups in total. The van der Waals surface area contributed by atoms with Crippen LogP contribution < -0.4 is 14.8 Å². The first-order chi connectivity index (χ1) is 17.7. The average Bonchev–Trinajstić information content (AvgIpc) is 2.91. The molecule has 36 heavy (non-hydrogen) atoms. The molecule has 0 aromatic heterocycles. The van der Waals surface area contributed by atoms with Gasteiger partial charge in [-0.25, -0.2) is 0 Å². The maximum Gasteiger partial charge on any atom is 0.143 e. The van der Waals surface area contributed by atoms with Crippen LogP contribution in [0.5, 0.6) is 23.0 Å². The lowest BCUT2D eigenvalue weighted by molar-refractivity contribution is 0.268. The van der Waals surface area contributed by atoms with Crippen LogP contribution in [-0.4, -0.2) is 36.0 Å². The van der Waals surface area contributed by atoms with Crippen LogP contribution in [-0.2, 0) is 6.42 Å². The molecule has 186 valence electrons. The topological polar surface area (TPSA) is 71.0 Å². The molecular weight excluding hydrogens is 450 g/mol. The van der Waals surface area contributed by atoms with Gasteiger partial charge >= 0.3 is 0 Å². The van der Waals surface area contributed by atoms with Gasteiger partial charge < -0.3 is 25.0 Å². The Bertz CT molecular complexity index is 1280. The van der Waals surface area contributed by atoms with Crippen molar-refractivity contribution in [1.82, 2.24) is 5.32 Å². The molecule has 5 rings (SSSR count). The lowest BCUT2D eigenvalue weighted by Crippen LogP contribution is -2.35. The van der Waals surface area contributed by atoms with E-state index >= 15 is 0 Å². The van der Waals surface area contributed by atoms with E-state index in [-0.39, 0.29) is 12.4 Å². The largest absolute Gasteiger partial charge is 0.508 e. The number of aliphatic hydroxyl groups excluding tert-OH is 1. The van der Waals surface area contributed by atoms with Crippen molar-refractivity contribution in [1.29, 1.82) is 0 Å². The number of phenolic OH excluding ortho intramolecular Hbond substituents is 1. The molecule has 0 amide bonds. The summed E-state index contributed by atoms with van der Waals surface area (Å²) in [5, 5.41) is 24.6. The Morgan fingerprint density at radius 2 is 1.67 bits per heavy atom. The minimum Gasteiger partial charge on any atom is -0.508 e. The minimum atomic E-state index is 0.129. The van der Waals surface area contributed by atoms with Gasteiger partial charge in [0.05, 0.1) is 6.61 Å². The lowest BCUT2D eigenvalue weighted by atomic mass is 9.98. The standard InChI is InChI=1S/C31H33NO4/c33-19-16-22-4-6-23(7-5-22)29-14-8-24-21-26(34)9-15-30(24)31(29)36-28-12-10-27(11-13-28)35-20-17-25-3-1-2-18-32-25/h4-15,21,25,32-34H,1-3,16-20H2. The third-order valence-corrected chi connectivity index (χ3v) is 6.81. The van der Waals surface area contributed by atoms with E-state index in [0.29, 0.717) is 19.1 Å². The van der Waals surface area contributed by atoms with Crippen molar-refractivity contribution >= 4 is 10.8 Å². The zero-order chi connectivity index (χ0) is 24.7. The number of ether oxygens (including phenoxy) is 2. The van der Waals surface area contributed by atoms with Crippen molar-refractivity contribution < 1.29 is 19.7 Å². The third kappa shape index (κ3) is 5.81. The summed E-state index contributed by atoms with van der Waals surface area (Å²) in [6, 6.07) is 25.8. The van der Waals surface area contributed by atoms with Crippen molar-refractivity contribution in [2.24, 2.45) is 0 Å². The van der Waals surface area contributed by atoms with E-state index in [1.807, 2.05) is 54.6 Å². The molecule has 1 heterocycles. The predicted molar refractivity (Wildman–Crippen MR) is 144 cm³/mol. The molecule has 1 saturated heterocycles. The number of aliphatic hydroxyl groups is 1. The molecular formula is C31H33NO4. The minimum absolute atomic E-state index is 0.129. The molecule has 1 unspecified atom stereocenters. The van der Waals surface area contributed by atoms with E-state index in [1.54, 1.807) is 12.1 Å². The zero-order valence-electron chi connectivity index (χ0n) is 20.5. The van der Waals surface area contributed by atoms with E-state index in [4.69, 9.17) is 9.47 Å². The molecule has 1 atom stereocenters. The summed E-state index contributed by atoms with van der Waals surface area (Å²) in [5.74, 6) is 2.51. The summed E-state index contributed by atoms with van der Waals surface area (Å²) in [6.07, 6.45) is 5.44. The lowest BCUT2D eigenvalue weighted by Gasteiger charge is -2.23. The molecule has 5 heteroatoms. The monoisotopic (exact) mass is 483 g/mol. The number of fused-ring (bicyclic) bond motifs is 1. The average molecular weight is 484 g/mol. The Labute approximate surface area is 212 Å². The number of piperidine rings is 1. The molecule has 4 aromatic rings. The molecule has 0 saturated carbocycles. The number of aromatic hydroxyl groups is 1. The van der Waals surface area contributed by atoms with Gasteiger partial charge in [-0.3, -0.25) is 0 Å². The Morgan fingerprint density at radius 1 is 0.861 bits per heavy atom. The first-order valence-corrected chi connectivity index (χ1v) is 12.8. The highest BCUT2D eigenvalue weighted by Gasteiger charge is 2.14. The van der Waals surface area contributed by atoms with Crippen LogP contribution in [0.2, 0.25) is 0 Å². The molecule has 0 bridgehead atoms. The first kappa shape index (κ1) is 24.2. The summed E-state index contributed by atoms with van der Waals surface area (Å²) in [6.45, 7) is 1.94. The Morgan fingerprint density at radius 3 is 2.42 bits per heavy atom. The van der Waals surface area contributed by atoms with Gasteiger partial charge in [-0.15, -0.1) is 0 Å². The van der Waals surface area contributed by atoms with Crippen LogP contribution in [0, 0.1) is 0 Å². The van der Waals surface area contributed by atoms with Crippen LogP contribution in [0.1, 0.15) is 31.2 Å². The van der Waals surface area contributed by atoms with Crippen LogP contribution in [0.4, 0.5) is 0 Å². The third-order valence-electron chi connectivity index (χ3n) is 6.81. The van der Waals surface area contributed by atoms with E-state index < -0.39 is 0 Å². The summed E-state index contributed by atoms with van der Waals surface area (Å²) in [7, 11) is 0. The van der Waals surface area contributed by atoms with Gasteiger partial charge in [-0.1, -0.05) is 36.8 Å². The van der Waals surface area contributed by atoms with Crippen molar-refractivity contribution in [2.75, 3.05) is 19.8 Å². The molecule has 0 spiro atoms. The number of phenols is 1. The summed E-state index contributed by atoms with van der Waals surface area (Å²) in [4.78, 5) is 0. The molecule has 1 aliphatic heterocycles. The Balaban J connectivity index is 1.36. The normalized spacial score (nSPS) is 15.6. The maximum absolute atomic E-state index is 9.98. The van der Waals surface area contributed by atoms with Crippen LogP contribution in [0.25, 0.3) is 21.9 Å². The van der Waals surface area contributed by atoms with Crippen LogP contribution >= 0.6 is 0 Å². The fourth-order valence-corrected chi connectivity index (χ4v) is 4.82. The van der Waals surface area contributed by atoms with Crippen molar-refractivity contribution in [3.8, 4) is 34.1 Å². The summed E-state index contributed by atoms with van der Waals surface area (Å²) < 4.78 is 12.4. The summed E-state index contributed by atoms with van der Waals surface area (Å²) in [5.41, 5.74) is 3.08. The number of nitrogens with one attached hydrogen (secondary N) is 1. The van der Waals surface area contributed by atoms with E-state index in [9.17, 15) is 10.2 Å². The molecule has 1 fully saturated rings. The van der Waals surface area contributed by atoms with Gasteiger partial charge in [0.2, 0.25) is 0 Å². The molecule has 0 aliphatic carbocycles. The Kier molecular flexibility index (Phi) is 7.70. The van der Waals surface area contributed by atoms with Crippen LogP contribution in [0.15, 0.2) is 78.9 Å². The zero-order valence-corrected chi connectivity index (χ0v) is 20.5. The second-order valence-corrected chi connectivity index (χ2v) is 9.38. The predicted octanol–water partition coefficient (Wildman–Crippen LogP) is 6.45. The SMILES string of the molecule is OCCc1ccc(-c2ccc3cc(O)ccc3c2Oc2ccc(OCCC3CCCCN3)cc2)cc1. The van der Waals surface area contributed by atoms with Crippen LogP contribution in [0.3, 0.4) is 0 Å². The molecule has 1 aliphatic rings. The Hall–Kier alpha value is -3.54. The molecule has 4 aromatic carbocycles. The fraction of sp³-hybridized carbons (Fsp3) is 0.290. The smallest absolute Gasteiger partial charge is 0.143 e. The van der Waals surface area contributed by atoms with E-state index in [1.165, 1.54) is 19.3 Å². The molecule has 0 radical (unpaired) electrons.